The van der Waals surface area contributed by atoms with Crippen LogP contribution in [-0.2, 0) is 6.42 Å². The Bertz CT molecular complexity index is 396. The molecule has 1 aliphatic rings. The summed E-state index contributed by atoms with van der Waals surface area (Å²) in [5.41, 5.74) is 10.6. The van der Waals surface area contributed by atoms with Crippen LogP contribution in [0.25, 0.3) is 10.4 Å². The Morgan fingerprint density at radius 1 is 1.64 bits per heavy atom. The maximum Gasteiger partial charge on any atom is 0.125 e. The average Bonchev–Trinajstić information content (AvgIpc) is 2.59. The summed E-state index contributed by atoms with van der Waals surface area (Å²) in [4.78, 5) is 2.73. The molecule has 0 N–H and O–H groups in total. The number of hydrogen-bond donors (Lipinski definition) is 0. The first-order chi connectivity index (χ1) is 6.81. The van der Waals surface area contributed by atoms with Crippen LogP contribution in [0.4, 0.5) is 0 Å². The minimum absolute atomic E-state index is 0.0157. The summed E-state index contributed by atoms with van der Waals surface area (Å²) in [5.74, 6) is 0.964. The highest BCUT2D eigenvalue weighted by Crippen LogP contribution is 2.31. The lowest BCUT2D eigenvalue weighted by Crippen LogP contribution is -2.16. The lowest BCUT2D eigenvalue weighted by atomic mass is 10.1. The normalized spacial score (nSPS) is 18.2. The van der Waals surface area contributed by atoms with Crippen LogP contribution in [-0.4, -0.2) is 12.6 Å². The van der Waals surface area contributed by atoms with Crippen molar-refractivity contribution in [1.29, 1.82) is 0 Å². The smallest absolute Gasteiger partial charge is 0.125 e. The van der Waals surface area contributed by atoms with Gasteiger partial charge in [0.25, 0.3) is 0 Å². The molecule has 0 saturated heterocycles. The van der Waals surface area contributed by atoms with Crippen molar-refractivity contribution < 1.29 is 4.74 Å². The summed E-state index contributed by atoms with van der Waals surface area (Å²) < 4.78 is 5.67. The number of aryl methyl sites for hydroxylation is 1. The minimum Gasteiger partial charge on any atom is -0.489 e. The molecule has 4 heteroatoms. The van der Waals surface area contributed by atoms with Gasteiger partial charge in [-0.25, -0.2) is 0 Å². The van der Waals surface area contributed by atoms with Crippen molar-refractivity contribution in [3.63, 3.8) is 0 Å². The van der Waals surface area contributed by atoms with E-state index in [1.807, 2.05) is 19.1 Å². The Labute approximate surface area is 82.1 Å². The summed E-state index contributed by atoms with van der Waals surface area (Å²) in [7, 11) is 0. The zero-order chi connectivity index (χ0) is 9.97. The lowest BCUT2D eigenvalue weighted by Gasteiger charge is -2.07. The van der Waals surface area contributed by atoms with E-state index in [9.17, 15) is 0 Å². The van der Waals surface area contributed by atoms with Gasteiger partial charge in [-0.3, -0.25) is 0 Å². The fraction of sp³-hybridized carbons (Fsp3) is 0.400. The summed E-state index contributed by atoms with van der Waals surface area (Å²) in [6.45, 7) is 2.43. The van der Waals surface area contributed by atoms with Crippen LogP contribution in [0, 0.1) is 6.92 Å². The van der Waals surface area contributed by atoms with Gasteiger partial charge < -0.3 is 4.74 Å². The highest BCUT2D eigenvalue weighted by atomic mass is 16.5. The second-order valence-corrected chi connectivity index (χ2v) is 3.42. The molecule has 0 aromatic heterocycles. The van der Waals surface area contributed by atoms with Gasteiger partial charge in [0, 0.05) is 11.3 Å². The SMILES string of the molecule is Cc1cccc2c1OC(CN=[N+]=[N-])C2. The van der Waals surface area contributed by atoms with Crippen molar-refractivity contribution in [2.45, 2.75) is 19.4 Å². The predicted octanol–water partition coefficient (Wildman–Crippen LogP) is 2.61. The van der Waals surface area contributed by atoms with E-state index in [1.165, 1.54) is 5.56 Å². The topological polar surface area (TPSA) is 58.0 Å². The quantitative estimate of drug-likeness (QED) is 0.400. The maximum atomic E-state index is 8.20. The second-order valence-electron chi connectivity index (χ2n) is 3.42. The molecule has 2 rings (SSSR count). The van der Waals surface area contributed by atoms with Crippen LogP contribution in [0.1, 0.15) is 11.1 Å². The third kappa shape index (κ3) is 1.52. The van der Waals surface area contributed by atoms with Gasteiger partial charge in [-0.05, 0) is 23.6 Å². The Morgan fingerprint density at radius 3 is 3.21 bits per heavy atom. The molecule has 0 aliphatic carbocycles. The Kier molecular flexibility index (Phi) is 2.29. The third-order valence-corrected chi connectivity index (χ3v) is 2.37. The zero-order valence-corrected chi connectivity index (χ0v) is 7.97. The summed E-state index contributed by atoms with van der Waals surface area (Å²) in [6.07, 6.45) is 0.859. The number of hydrogen-bond acceptors (Lipinski definition) is 2. The molecular weight excluding hydrogens is 178 g/mol. The van der Waals surface area contributed by atoms with Gasteiger partial charge in [0.2, 0.25) is 0 Å². The minimum atomic E-state index is 0.0157. The Balaban J connectivity index is 2.17. The summed E-state index contributed by atoms with van der Waals surface area (Å²) in [5, 5.41) is 3.52. The number of nitrogens with zero attached hydrogens (tertiary/aromatic N) is 3. The van der Waals surface area contributed by atoms with E-state index in [0.717, 1.165) is 17.7 Å². The van der Waals surface area contributed by atoms with E-state index in [4.69, 9.17) is 10.3 Å². The van der Waals surface area contributed by atoms with Crippen LogP contribution in [0.15, 0.2) is 23.3 Å². The van der Waals surface area contributed by atoms with E-state index in [1.54, 1.807) is 0 Å². The first-order valence-corrected chi connectivity index (χ1v) is 4.57. The highest BCUT2D eigenvalue weighted by molar-refractivity contribution is 5.43. The maximum absolute atomic E-state index is 8.20. The van der Waals surface area contributed by atoms with E-state index in [0.29, 0.717) is 6.54 Å². The lowest BCUT2D eigenvalue weighted by molar-refractivity contribution is 0.240. The molecule has 1 aromatic carbocycles. The van der Waals surface area contributed by atoms with Crippen LogP contribution >= 0.6 is 0 Å². The van der Waals surface area contributed by atoms with E-state index in [2.05, 4.69) is 16.1 Å². The summed E-state index contributed by atoms with van der Waals surface area (Å²) >= 11 is 0. The molecule has 0 amide bonds. The van der Waals surface area contributed by atoms with Crippen molar-refractivity contribution in [2.75, 3.05) is 6.54 Å². The van der Waals surface area contributed by atoms with Crippen molar-refractivity contribution in [2.24, 2.45) is 5.11 Å². The van der Waals surface area contributed by atoms with Gasteiger partial charge in [-0.2, -0.15) is 0 Å². The van der Waals surface area contributed by atoms with Gasteiger partial charge in [0.1, 0.15) is 11.9 Å². The van der Waals surface area contributed by atoms with Crippen LogP contribution in [0.2, 0.25) is 0 Å². The van der Waals surface area contributed by atoms with Crippen molar-refractivity contribution in [3.05, 3.63) is 39.8 Å². The number of para-hydroxylation sites is 1. The van der Waals surface area contributed by atoms with E-state index < -0.39 is 0 Å². The Morgan fingerprint density at radius 2 is 2.50 bits per heavy atom. The fourth-order valence-electron chi connectivity index (χ4n) is 1.73. The largest absolute Gasteiger partial charge is 0.489 e. The predicted molar refractivity (Wildman–Crippen MR) is 53.3 cm³/mol. The molecule has 72 valence electrons. The zero-order valence-electron chi connectivity index (χ0n) is 7.97. The Hall–Kier alpha value is -1.67. The molecule has 1 aliphatic heterocycles. The molecular formula is C10H11N3O. The first-order valence-electron chi connectivity index (χ1n) is 4.57. The van der Waals surface area contributed by atoms with Gasteiger partial charge in [-0.1, -0.05) is 23.3 Å². The molecule has 1 aromatic rings. The van der Waals surface area contributed by atoms with Crippen molar-refractivity contribution in [1.82, 2.24) is 0 Å². The monoisotopic (exact) mass is 189 g/mol. The van der Waals surface area contributed by atoms with Gasteiger partial charge in [-0.15, -0.1) is 0 Å². The molecule has 1 unspecified atom stereocenters. The van der Waals surface area contributed by atoms with E-state index >= 15 is 0 Å². The molecule has 14 heavy (non-hydrogen) atoms. The number of ether oxygens (including phenoxy) is 1. The third-order valence-electron chi connectivity index (χ3n) is 2.37. The fourth-order valence-corrected chi connectivity index (χ4v) is 1.73. The van der Waals surface area contributed by atoms with Crippen LogP contribution in [0.5, 0.6) is 5.75 Å². The molecule has 1 atom stereocenters. The average molecular weight is 189 g/mol. The van der Waals surface area contributed by atoms with E-state index in [-0.39, 0.29) is 6.10 Å². The standard InChI is InChI=1S/C10H11N3O/c1-7-3-2-4-8-5-9(6-12-13-11)14-10(7)8/h2-4,9H,5-6H2,1H3. The second kappa shape index (κ2) is 3.60. The first kappa shape index (κ1) is 8.91. The molecule has 0 radical (unpaired) electrons. The molecule has 0 saturated carbocycles. The van der Waals surface area contributed by atoms with Gasteiger partial charge in [0.15, 0.2) is 0 Å². The summed E-state index contributed by atoms with van der Waals surface area (Å²) in [6, 6.07) is 6.10. The number of fused-ring (bicyclic) bond motifs is 1. The molecule has 4 nitrogen and oxygen atoms in total. The van der Waals surface area contributed by atoms with Crippen LogP contribution in [0.3, 0.4) is 0 Å². The number of azide groups is 1. The van der Waals surface area contributed by atoms with Crippen LogP contribution < -0.4 is 4.74 Å². The van der Waals surface area contributed by atoms with Gasteiger partial charge >= 0.3 is 0 Å². The molecule has 0 bridgehead atoms. The van der Waals surface area contributed by atoms with Crippen molar-refractivity contribution in [3.8, 4) is 5.75 Å². The highest BCUT2D eigenvalue weighted by Gasteiger charge is 2.22. The molecule has 0 fully saturated rings. The van der Waals surface area contributed by atoms with Crippen molar-refractivity contribution >= 4 is 0 Å². The molecule has 1 heterocycles. The number of benzene rings is 1. The van der Waals surface area contributed by atoms with Gasteiger partial charge in [0.05, 0.1) is 6.54 Å². The number of rotatable bonds is 2. The molecule has 0 spiro atoms.